The molecule has 28 heavy (non-hydrogen) atoms. The summed E-state index contributed by atoms with van der Waals surface area (Å²) in [7, 11) is -1.64. The molecule has 0 N–H and O–H groups in total. The number of sulfonamides is 1. The molecule has 1 saturated carbocycles. The second-order valence-electron chi connectivity index (χ2n) is 8.32. The van der Waals surface area contributed by atoms with Crippen LogP contribution in [0.4, 0.5) is 0 Å². The summed E-state index contributed by atoms with van der Waals surface area (Å²) in [6, 6.07) is 7.68. The van der Waals surface area contributed by atoms with Crippen molar-refractivity contribution in [1.82, 2.24) is 9.21 Å². The molecule has 2 atom stereocenters. The van der Waals surface area contributed by atoms with Crippen LogP contribution in [0.5, 0.6) is 5.75 Å². The van der Waals surface area contributed by atoms with Gasteiger partial charge < -0.3 is 9.64 Å². The quantitative estimate of drug-likeness (QED) is 0.698. The standard InChI is InChI=1S/C21H30N2O4S/c1-27-20-9-5-4-8-17(20)10-12-22-18-11-13-23(19(18)14-21(22)24)28(25,26)15-16-6-2-3-7-16/h4-5,8-9,16,18-19H,2-3,6-7,10-15H2,1H3/t18-,19-/m0/s1. The van der Waals surface area contributed by atoms with Gasteiger partial charge >= 0.3 is 0 Å². The number of likely N-dealkylation sites (tertiary alicyclic amines) is 1. The minimum Gasteiger partial charge on any atom is -0.496 e. The largest absolute Gasteiger partial charge is 0.496 e. The van der Waals surface area contributed by atoms with Crippen molar-refractivity contribution < 1.29 is 17.9 Å². The zero-order valence-electron chi connectivity index (χ0n) is 16.5. The zero-order valence-corrected chi connectivity index (χ0v) is 17.4. The number of nitrogens with zero attached hydrogens (tertiary/aromatic N) is 2. The maximum absolute atomic E-state index is 13.0. The first-order chi connectivity index (χ1) is 13.5. The second-order valence-corrected chi connectivity index (χ2v) is 10.3. The third kappa shape index (κ3) is 3.79. The van der Waals surface area contributed by atoms with Gasteiger partial charge in [0.05, 0.1) is 24.9 Å². The minimum absolute atomic E-state index is 0.0144. The molecule has 0 spiro atoms. The van der Waals surface area contributed by atoms with Crippen molar-refractivity contribution in [2.45, 2.75) is 57.0 Å². The second kappa shape index (κ2) is 8.03. The van der Waals surface area contributed by atoms with E-state index < -0.39 is 10.0 Å². The van der Waals surface area contributed by atoms with E-state index in [1.165, 1.54) is 0 Å². The van der Waals surface area contributed by atoms with Crippen LogP contribution in [0.1, 0.15) is 44.1 Å². The molecule has 1 aromatic rings. The third-order valence-electron chi connectivity index (χ3n) is 6.66. The van der Waals surface area contributed by atoms with E-state index >= 15 is 0 Å². The molecule has 1 aromatic carbocycles. The van der Waals surface area contributed by atoms with Crippen molar-refractivity contribution in [3.8, 4) is 5.75 Å². The lowest BCUT2D eigenvalue weighted by atomic mass is 10.1. The van der Waals surface area contributed by atoms with Crippen LogP contribution in [0.25, 0.3) is 0 Å². The fraction of sp³-hybridized carbons (Fsp3) is 0.667. The lowest BCUT2D eigenvalue weighted by molar-refractivity contribution is -0.129. The van der Waals surface area contributed by atoms with E-state index in [2.05, 4.69) is 0 Å². The van der Waals surface area contributed by atoms with Gasteiger partial charge in [-0.3, -0.25) is 4.79 Å². The van der Waals surface area contributed by atoms with Crippen LogP contribution in [0.3, 0.4) is 0 Å². The molecule has 0 unspecified atom stereocenters. The fourth-order valence-corrected chi connectivity index (χ4v) is 7.38. The predicted molar refractivity (Wildman–Crippen MR) is 108 cm³/mol. The number of carbonyl (C=O) groups excluding carboxylic acids is 1. The van der Waals surface area contributed by atoms with Gasteiger partial charge in [0.25, 0.3) is 0 Å². The van der Waals surface area contributed by atoms with Gasteiger partial charge in [-0.2, -0.15) is 4.31 Å². The SMILES string of the molecule is COc1ccccc1CCN1C(=O)C[C@H]2[C@@H]1CCN2S(=O)(=O)CC1CCCC1. The van der Waals surface area contributed by atoms with Crippen LogP contribution >= 0.6 is 0 Å². The smallest absolute Gasteiger partial charge is 0.224 e. The average molecular weight is 407 g/mol. The summed E-state index contributed by atoms with van der Waals surface area (Å²) in [5.74, 6) is 1.46. The van der Waals surface area contributed by atoms with Crippen LogP contribution in [-0.4, -0.2) is 61.6 Å². The van der Waals surface area contributed by atoms with Gasteiger partial charge in [-0.15, -0.1) is 0 Å². The van der Waals surface area contributed by atoms with Crippen molar-refractivity contribution in [2.75, 3.05) is 26.0 Å². The van der Waals surface area contributed by atoms with Gasteiger partial charge in [0.1, 0.15) is 5.75 Å². The maximum atomic E-state index is 13.0. The van der Waals surface area contributed by atoms with Crippen molar-refractivity contribution >= 4 is 15.9 Å². The number of methoxy groups -OCH3 is 1. The Balaban J connectivity index is 1.42. The molecular formula is C21H30N2O4S. The molecule has 2 heterocycles. The average Bonchev–Trinajstić information content (AvgIpc) is 3.38. The van der Waals surface area contributed by atoms with E-state index in [0.717, 1.165) is 43.4 Å². The highest BCUT2D eigenvalue weighted by molar-refractivity contribution is 7.89. The molecule has 6 nitrogen and oxygen atoms in total. The lowest BCUT2D eigenvalue weighted by Crippen LogP contribution is -2.42. The highest BCUT2D eigenvalue weighted by Gasteiger charge is 2.50. The minimum atomic E-state index is -3.29. The Kier molecular flexibility index (Phi) is 5.65. The molecule has 2 aliphatic heterocycles. The maximum Gasteiger partial charge on any atom is 0.224 e. The number of benzene rings is 1. The number of carbonyl (C=O) groups is 1. The van der Waals surface area contributed by atoms with Gasteiger partial charge in [-0.1, -0.05) is 31.0 Å². The molecule has 4 rings (SSSR count). The highest BCUT2D eigenvalue weighted by Crippen LogP contribution is 2.36. The Bertz CT molecular complexity index is 819. The van der Waals surface area contributed by atoms with Crippen LogP contribution in [0.2, 0.25) is 0 Å². The number of ether oxygens (including phenoxy) is 1. The Hall–Kier alpha value is -1.60. The van der Waals surface area contributed by atoms with Gasteiger partial charge in [0, 0.05) is 19.5 Å². The number of hydrogen-bond donors (Lipinski definition) is 0. The highest BCUT2D eigenvalue weighted by atomic mass is 32.2. The molecule has 3 aliphatic rings. The van der Waals surface area contributed by atoms with Crippen LogP contribution < -0.4 is 4.74 Å². The van der Waals surface area contributed by atoms with E-state index in [9.17, 15) is 13.2 Å². The molecule has 3 fully saturated rings. The monoisotopic (exact) mass is 406 g/mol. The topological polar surface area (TPSA) is 66.9 Å². The summed E-state index contributed by atoms with van der Waals surface area (Å²) < 4.78 is 33.0. The molecule has 154 valence electrons. The zero-order chi connectivity index (χ0) is 19.7. The summed E-state index contributed by atoms with van der Waals surface area (Å²) in [5, 5.41) is 0. The Morgan fingerprint density at radius 2 is 1.86 bits per heavy atom. The van der Waals surface area contributed by atoms with Gasteiger partial charge in [0.2, 0.25) is 15.9 Å². The van der Waals surface area contributed by atoms with Gasteiger partial charge in [0.15, 0.2) is 0 Å². The van der Waals surface area contributed by atoms with Gasteiger partial charge in [-0.25, -0.2) is 8.42 Å². The van der Waals surface area contributed by atoms with E-state index in [-0.39, 0.29) is 23.7 Å². The molecule has 7 heteroatoms. The molecule has 0 aromatic heterocycles. The van der Waals surface area contributed by atoms with E-state index in [1.807, 2.05) is 29.2 Å². The number of rotatable bonds is 7. The molecule has 1 aliphatic carbocycles. The lowest BCUT2D eigenvalue weighted by Gasteiger charge is -2.26. The Morgan fingerprint density at radius 1 is 1.11 bits per heavy atom. The van der Waals surface area contributed by atoms with Gasteiger partial charge in [-0.05, 0) is 43.2 Å². The van der Waals surface area contributed by atoms with Crippen LogP contribution in [0.15, 0.2) is 24.3 Å². The summed E-state index contributed by atoms with van der Waals surface area (Å²) >= 11 is 0. The molecule has 2 saturated heterocycles. The fourth-order valence-electron chi connectivity index (χ4n) is 5.25. The van der Waals surface area contributed by atoms with Crippen LogP contribution in [0, 0.1) is 5.92 Å². The number of fused-ring (bicyclic) bond motifs is 1. The summed E-state index contributed by atoms with van der Waals surface area (Å²) in [4.78, 5) is 14.6. The summed E-state index contributed by atoms with van der Waals surface area (Å²) in [6.45, 7) is 1.15. The number of hydrogen-bond acceptors (Lipinski definition) is 4. The van der Waals surface area contributed by atoms with E-state index in [1.54, 1.807) is 11.4 Å². The van der Waals surface area contributed by atoms with E-state index in [0.29, 0.717) is 31.8 Å². The normalized spacial score (nSPS) is 26.2. The third-order valence-corrected chi connectivity index (χ3v) is 8.72. The number of para-hydroxylation sites is 1. The van der Waals surface area contributed by atoms with Crippen molar-refractivity contribution in [1.29, 1.82) is 0 Å². The van der Waals surface area contributed by atoms with Crippen molar-refractivity contribution in [3.05, 3.63) is 29.8 Å². The van der Waals surface area contributed by atoms with Crippen molar-refractivity contribution in [3.63, 3.8) is 0 Å². The molecular weight excluding hydrogens is 376 g/mol. The first kappa shape index (κ1) is 19.7. The first-order valence-corrected chi connectivity index (χ1v) is 12.0. The first-order valence-electron chi connectivity index (χ1n) is 10.4. The molecule has 0 radical (unpaired) electrons. The van der Waals surface area contributed by atoms with E-state index in [4.69, 9.17) is 4.74 Å². The summed E-state index contributed by atoms with van der Waals surface area (Å²) in [6.07, 6.45) is 6.10. The summed E-state index contributed by atoms with van der Waals surface area (Å²) in [5.41, 5.74) is 1.07. The number of amides is 1. The van der Waals surface area contributed by atoms with Crippen LogP contribution in [-0.2, 0) is 21.2 Å². The Morgan fingerprint density at radius 3 is 2.61 bits per heavy atom. The molecule has 0 bridgehead atoms. The molecule has 1 amide bonds. The predicted octanol–water partition coefficient (Wildman–Crippen LogP) is 2.43. The van der Waals surface area contributed by atoms with Crippen molar-refractivity contribution in [2.24, 2.45) is 5.92 Å². The Labute approximate surface area is 167 Å².